The lowest BCUT2D eigenvalue weighted by Gasteiger charge is -2.06. The predicted octanol–water partition coefficient (Wildman–Crippen LogP) is 3.74. The van der Waals surface area contributed by atoms with E-state index in [2.05, 4.69) is 19.1 Å². The predicted molar refractivity (Wildman–Crippen MR) is 89.4 cm³/mol. The summed E-state index contributed by atoms with van der Waals surface area (Å²) in [6.07, 6.45) is 7.17. The molecule has 0 spiro atoms. The van der Waals surface area contributed by atoms with Crippen molar-refractivity contribution in [2.75, 3.05) is 6.61 Å². The van der Waals surface area contributed by atoms with E-state index in [0.29, 0.717) is 18.6 Å². The number of hydrogen-bond donors (Lipinski definition) is 1. The quantitative estimate of drug-likeness (QED) is 0.865. The Hall–Kier alpha value is -2.13. The maximum Gasteiger partial charge on any atom is 0.337 e. The highest BCUT2D eigenvalue weighted by molar-refractivity contribution is 5.91. The summed E-state index contributed by atoms with van der Waals surface area (Å²) < 4.78 is 4.89. The number of aryl methyl sites for hydroxylation is 1. The number of hydrogen-bond acceptors (Lipinski definition) is 3. The number of allylic oxidation sites excluding steroid dienone is 3. The minimum absolute atomic E-state index is 0.311. The Morgan fingerprint density at radius 3 is 2.50 bits per heavy atom. The lowest BCUT2D eigenvalue weighted by Crippen LogP contribution is -2.06. The molecule has 0 aliphatic heterocycles. The molecular weight excluding hydrogens is 276 g/mol. The molecule has 0 saturated carbocycles. The lowest BCUT2D eigenvalue weighted by molar-refractivity contribution is -0.138. The van der Waals surface area contributed by atoms with Gasteiger partial charge in [-0.05, 0) is 38.8 Å². The van der Waals surface area contributed by atoms with Crippen LogP contribution in [-0.4, -0.2) is 23.8 Å². The maximum absolute atomic E-state index is 11.4. The van der Waals surface area contributed by atoms with Crippen molar-refractivity contribution in [1.29, 1.82) is 0 Å². The van der Waals surface area contributed by atoms with Crippen LogP contribution in [0.25, 0.3) is 0 Å². The number of esters is 1. The van der Waals surface area contributed by atoms with Crippen LogP contribution in [0.1, 0.15) is 25.8 Å². The summed E-state index contributed by atoms with van der Waals surface area (Å²) in [5.74, 6) is -0.311. The Kier molecular flexibility index (Phi) is 7.94. The summed E-state index contributed by atoms with van der Waals surface area (Å²) in [6.45, 7) is 5.95. The summed E-state index contributed by atoms with van der Waals surface area (Å²) in [7, 11) is 0. The van der Waals surface area contributed by atoms with E-state index in [-0.39, 0.29) is 5.97 Å². The first kappa shape index (κ1) is 17.9. The monoisotopic (exact) mass is 300 g/mol. The van der Waals surface area contributed by atoms with Gasteiger partial charge < -0.3 is 9.84 Å². The van der Waals surface area contributed by atoms with E-state index >= 15 is 0 Å². The van der Waals surface area contributed by atoms with Crippen molar-refractivity contribution in [2.24, 2.45) is 0 Å². The van der Waals surface area contributed by atoms with Gasteiger partial charge in [-0.15, -0.1) is 0 Å². The van der Waals surface area contributed by atoms with Gasteiger partial charge in [0.25, 0.3) is 0 Å². The van der Waals surface area contributed by atoms with E-state index in [4.69, 9.17) is 4.74 Å². The molecule has 0 amide bonds. The van der Waals surface area contributed by atoms with Crippen molar-refractivity contribution in [3.8, 4) is 0 Å². The first-order valence-corrected chi connectivity index (χ1v) is 7.48. The molecule has 0 aromatic heterocycles. The summed E-state index contributed by atoms with van der Waals surface area (Å²) in [5.41, 5.74) is 2.76. The molecule has 1 N–H and O–H groups in total. The fraction of sp³-hybridized carbons (Fsp3) is 0.316. The van der Waals surface area contributed by atoms with Crippen LogP contribution < -0.4 is 0 Å². The number of benzene rings is 1. The van der Waals surface area contributed by atoms with Crippen LogP contribution in [0.4, 0.5) is 0 Å². The van der Waals surface area contributed by atoms with Crippen LogP contribution in [0.3, 0.4) is 0 Å². The largest absolute Gasteiger partial charge is 0.462 e. The van der Waals surface area contributed by atoms with Gasteiger partial charge in [-0.3, -0.25) is 0 Å². The Morgan fingerprint density at radius 1 is 1.32 bits per heavy atom. The Bertz CT molecular complexity index is 551. The second kappa shape index (κ2) is 9.74. The maximum atomic E-state index is 11.4. The Labute approximate surface area is 132 Å². The summed E-state index contributed by atoms with van der Waals surface area (Å²) in [4.78, 5) is 11.4. The molecule has 1 atom stereocenters. The molecule has 1 aliphatic carbocycles. The minimum atomic E-state index is -0.479. The number of carbonyl (C=O) groups is 1. The van der Waals surface area contributed by atoms with Crippen LogP contribution >= 0.6 is 0 Å². The SMILES string of the molecule is CCOC(=O)C1=CCC(C(C)O)=CC=C1.Cc1ccccc1. The second-order valence-corrected chi connectivity index (χ2v) is 5.02. The molecule has 1 aliphatic rings. The average molecular weight is 300 g/mol. The van der Waals surface area contributed by atoms with E-state index in [1.807, 2.05) is 24.3 Å². The van der Waals surface area contributed by atoms with Gasteiger partial charge in [0.15, 0.2) is 0 Å². The normalized spacial score (nSPS) is 14.7. The van der Waals surface area contributed by atoms with Gasteiger partial charge in [-0.25, -0.2) is 4.79 Å². The van der Waals surface area contributed by atoms with Crippen molar-refractivity contribution < 1.29 is 14.6 Å². The molecule has 0 bridgehead atoms. The van der Waals surface area contributed by atoms with Crippen molar-refractivity contribution in [3.05, 3.63) is 71.3 Å². The van der Waals surface area contributed by atoms with Crippen LogP contribution in [0.15, 0.2) is 65.8 Å². The smallest absolute Gasteiger partial charge is 0.337 e. The standard InChI is InChI=1S/C12H16O3.C7H8/c1-3-15-12(14)11-6-4-5-10(7-8-11)9(2)13;1-7-5-3-2-4-6-7/h4-6,8-9,13H,3,7H2,1-2H3;2-6H,1H3. The van der Waals surface area contributed by atoms with Gasteiger partial charge in [0.2, 0.25) is 0 Å². The van der Waals surface area contributed by atoms with Gasteiger partial charge >= 0.3 is 5.97 Å². The zero-order valence-corrected chi connectivity index (χ0v) is 13.5. The molecule has 2 rings (SSSR count). The Balaban J connectivity index is 0.000000287. The van der Waals surface area contributed by atoms with Crippen LogP contribution in [0, 0.1) is 6.92 Å². The lowest BCUT2D eigenvalue weighted by atomic mass is 10.1. The van der Waals surface area contributed by atoms with Gasteiger partial charge in [-0.2, -0.15) is 0 Å². The van der Waals surface area contributed by atoms with Crippen LogP contribution in [0.5, 0.6) is 0 Å². The number of aliphatic hydroxyl groups excluding tert-OH is 1. The van der Waals surface area contributed by atoms with Gasteiger partial charge in [0, 0.05) is 0 Å². The number of rotatable bonds is 3. The first-order valence-electron chi connectivity index (χ1n) is 7.48. The molecule has 1 aromatic rings. The molecule has 3 nitrogen and oxygen atoms in total. The van der Waals surface area contributed by atoms with Gasteiger partial charge in [0.1, 0.15) is 0 Å². The molecular formula is C19H24O3. The summed E-state index contributed by atoms with van der Waals surface area (Å²) >= 11 is 0. The molecule has 1 aromatic carbocycles. The highest BCUT2D eigenvalue weighted by Crippen LogP contribution is 2.15. The van der Waals surface area contributed by atoms with E-state index in [1.165, 1.54) is 5.56 Å². The number of ether oxygens (including phenoxy) is 1. The Morgan fingerprint density at radius 2 is 2.00 bits per heavy atom. The molecule has 0 saturated heterocycles. The van der Waals surface area contributed by atoms with Gasteiger partial charge in [-0.1, -0.05) is 54.1 Å². The van der Waals surface area contributed by atoms with E-state index in [1.54, 1.807) is 32.1 Å². The van der Waals surface area contributed by atoms with Crippen LogP contribution in [-0.2, 0) is 9.53 Å². The highest BCUT2D eigenvalue weighted by atomic mass is 16.5. The van der Waals surface area contributed by atoms with Crippen molar-refractivity contribution in [1.82, 2.24) is 0 Å². The fourth-order valence-corrected chi connectivity index (χ4v) is 1.85. The van der Waals surface area contributed by atoms with E-state index in [0.717, 1.165) is 5.57 Å². The summed E-state index contributed by atoms with van der Waals surface area (Å²) in [5, 5.41) is 9.38. The number of aliphatic hydroxyl groups is 1. The van der Waals surface area contributed by atoms with Crippen molar-refractivity contribution in [2.45, 2.75) is 33.3 Å². The van der Waals surface area contributed by atoms with Gasteiger partial charge in [0.05, 0.1) is 18.3 Å². The molecule has 1 unspecified atom stereocenters. The van der Waals surface area contributed by atoms with E-state index < -0.39 is 6.10 Å². The van der Waals surface area contributed by atoms with Crippen LogP contribution in [0.2, 0.25) is 0 Å². The molecule has 0 fully saturated rings. The molecule has 118 valence electrons. The fourth-order valence-electron chi connectivity index (χ4n) is 1.85. The minimum Gasteiger partial charge on any atom is -0.462 e. The molecule has 3 heteroatoms. The highest BCUT2D eigenvalue weighted by Gasteiger charge is 2.10. The van der Waals surface area contributed by atoms with Crippen molar-refractivity contribution >= 4 is 5.97 Å². The first-order chi connectivity index (χ1) is 10.5. The molecule has 0 radical (unpaired) electrons. The topological polar surface area (TPSA) is 46.5 Å². The zero-order chi connectivity index (χ0) is 16.4. The average Bonchev–Trinajstić information content (AvgIpc) is 2.75. The second-order valence-electron chi connectivity index (χ2n) is 5.02. The molecule has 22 heavy (non-hydrogen) atoms. The third-order valence-corrected chi connectivity index (χ3v) is 3.13. The number of carbonyl (C=O) groups excluding carboxylic acids is 1. The zero-order valence-electron chi connectivity index (χ0n) is 13.5. The van der Waals surface area contributed by atoms with E-state index in [9.17, 15) is 9.90 Å². The summed E-state index contributed by atoms with van der Waals surface area (Å²) in [6, 6.07) is 10.3. The van der Waals surface area contributed by atoms with Crippen molar-refractivity contribution in [3.63, 3.8) is 0 Å². The third kappa shape index (κ3) is 6.55. The molecule has 0 heterocycles. The third-order valence-electron chi connectivity index (χ3n) is 3.13.